The summed E-state index contributed by atoms with van der Waals surface area (Å²) in [4.78, 5) is 2.16. The van der Waals surface area contributed by atoms with Crippen molar-refractivity contribution < 1.29 is 0 Å². The van der Waals surface area contributed by atoms with Gasteiger partial charge in [-0.15, -0.1) is 0 Å². The van der Waals surface area contributed by atoms with Gasteiger partial charge in [0.25, 0.3) is 0 Å². The predicted octanol–water partition coefficient (Wildman–Crippen LogP) is 2.40. The van der Waals surface area contributed by atoms with Crippen LogP contribution in [0.2, 0.25) is 0 Å². The van der Waals surface area contributed by atoms with Gasteiger partial charge in [0.05, 0.1) is 22.9 Å². The first-order valence-corrected chi connectivity index (χ1v) is 7.48. The predicted molar refractivity (Wildman–Crippen MR) is 77.4 cm³/mol. The smallest absolute Gasteiger partial charge is 0.0694 e. The molecule has 0 bridgehead atoms. The van der Waals surface area contributed by atoms with Gasteiger partial charge in [0.15, 0.2) is 0 Å². The molecule has 1 unspecified atom stereocenters. The number of aromatic nitrogens is 2. The Labute approximate surface area is 118 Å². The molecule has 1 aliphatic rings. The molecule has 0 spiro atoms. The van der Waals surface area contributed by atoms with E-state index < -0.39 is 0 Å². The Morgan fingerprint density at radius 2 is 2.28 bits per heavy atom. The lowest BCUT2D eigenvalue weighted by Crippen LogP contribution is -2.25. The summed E-state index contributed by atoms with van der Waals surface area (Å²) in [5, 5.41) is 4.42. The third-order valence-corrected chi connectivity index (χ3v) is 4.37. The summed E-state index contributed by atoms with van der Waals surface area (Å²) >= 11 is 3.58. The average Bonchev–Trinajstić information content (AvgIpc) is 2.62. The highest BCUT2D eigenvalue weighted by molar-refractivity contribution is 9.10. The van der Waals surface area contributed by atoms with Gasteiger partial charge in [-0.25, -0.2) is 0 Å². The van der Waals surface area contributed by atoms with Crippen LogP contribution in [0.15, 0.2) is 10.7 Å². The standard InChI is InChI=1S/C13H23BrN4/c1-17(2)6-7-18-13(11(14)9-16-18)12(15)8-10-4-3-5-10/h9-10,12H,3-8,15H2,1-2H3. The summed E-state index contributed by atoms with van der Waals surface area (Å²) in [6.45, 7) is 1.88. The van der Waals surface area contributed by atoms with Gasteiger partial charge in [-0.3, -0.25) is 4.68 Å². The summed E-state index contributed by atoms with van der Waals surface area (Å²) < 4.78 is 3.10. The van der Waals surface area contributed by atoms with E-state index in [4.69, 9.17) is 5.73 Å². The van der Waals surface area contributed by atoms with Crippen LogP contribution in [-0.4, -0.2) is 35.3 Å². The van der Waals surface area contributed by atoms with Gasteiger partial charge in [0, 0.05) is 12.6 Å². The molecule has 18 heavy (non-hydrogen) atoms. The van der Waals surface area contributed by atoms with Crippen molar-refractivity contribution in [3.63, 3.8) is 0 Å². The van der Waals surface area contributed by atoms with Crippen LogP contribution in [0.1, 0.15) is 37.4 Å². The van der Waals surface area contributed by atoms with E-state index in [1.54, 1.807) is 0 Å². The van der Waals surface area contributed by atoms with Gasteiger partial charge in [0.2, 0.25) is 0 Å². The number of rotatable bonds is 6. The van der Waals surface area contributed by atoms with E-state index in [-0.39, 0.29) is 6.04 Å². The maximum atomic E-state index is 6.35. The Bertz CT molecular complexity index is 384. The first-order valence-electron chi connectivity index (χ1n) is 6.69. The zero-order chi connectivity index (χ0) is 13.1. The second-order valence-corrected chi connectivity index (χ2v) is 6.40. The number of halogens is 1. The second kappa shape index (κ2) is 6.17. The molecule has 102 valence electrons. The number of nitrogens with zero attached hydrogens (tertiary/aromatic N) is 3. The van der Waals surface area contributed by atoms with Crippen LogP contribution in [0.25, 0.3) is 0 Å². The lowest BCUT2D eigenvalue weighted by Gasteiger charge is -2.28. The Kier molecular flexibility index (Phi) is 4.81. The van der Waals surface area contributed by atoms with E-state index in [9.17, 15) is 0 Å². The fourth-order valence-electron chi connectivity index (χ4n) is 2.41. The molecule has 0 saturated heterocycles. The molecule has 1 atom stereocenters. The molecule has 1 saturated carbocycles. The van der Waals surface area contributed by atoms with Crippen molar-refractivity contribution in [2.75, 3.05) is 20.6 Å². The van der Waals surface area contributed by atoms with Crippen LogP contribution in [0.4, 0.5) is 0 Å². The van der Waals surface area contributed by atoms with Crippen molar-refractivity contribution in [2.24, 2.45) is 11.7 Å². The molecule has 0 aromatic carbocycles. The van der Waals surface area contributed by atoms with Gasteiger partial charge in [-0.2, -0.15) is 5.10 Å². The lowest BCUT2D eigenvalue weighted by atomic mass is 9.80. The quantitative estimate of drug-likeness (QED) is 0.877. The minimum Gasteiger partial charge on any atom is -0.323 e. The molecule has 0 radical (unpaired) electrons. The van der Waals surface area contributed by atoms with E-state index in [1.165, 1.54) is 19.3 Å². The van der Waals surface area contributed by atoms with Crippen molar-refractivity contribution in [2.45, 2.75) is 38.3 Å². The van der Waals surface area contributed by atoms with Crippen LogP contribution >= 0.6 is 15.9 Å². The Morgan fingerprint density at radius 3 is 2.83 bits per heavy atom. The first kappa shape index (κ1) is 14.0. The Morgan fingerprint density at radius 1 is 1.56 bits per heavy atom. The molecule has 1 aromatic heterocycles. The number of hydrogen-bond donors (Lipinski definition) is 1. The zero-order valence-electron chi connectivity index (χ0n) is 11.3. The Hall–Kier alpha value is -0.390. The first-order chi connectivity index (χ1) is 8.58. The van der Waals surface area contributed by atoms with Crippen molar-refractivity contribution in [3.05, 3.63) is 16.4 Å². The monoisotopic (exact) mass is 314 g/mol. The summed E-state index contributed by atoms with van der Waals surface area (Å²) in [5.41, 5.74) is 7.51. The van der Waals surface area contributed by atoms with E-state index >= 15 is 0 Å². The van der Waals surface area contributed by atoms with Crippen LogP contribution in [0.3, 0.4) is 0 Å². The van der Waals surface area contributed by atoms with E-state index in [0.29, 0.717) is 0 Å². The molecule has 1 fully saturated rings. The summed E-state index contributed by atoms with van der Waals surface area (Å²) in [7, 11) is 4.15. The molecule has 5 heteroatoms. The van der Waals surface area contributed by atoms with Crippen molar-refractivity contribution >= 4 is 15.9 Å². The molecule has 2 rings (SSSR count). The largest absolute Gasteiger partial charge is 0.323 e. The van der Waals surface area contributed by atoms with Crippen LogP contribution in [-0.2, 0) is 6.54 Å². The molecular weight excluding hydrogens is 292 g/mol. The molecule has 0 amide bonds. The van der Waals surface area contributed by atoms with Gasteiger partial charge >= 0.3 is 0 Å². The third kappa shape index (κ3) is 3.33. The molecule has 1 heterocycles. The number of hydrogen-bond acceptors (Lipinski definition) is 3. The van der Waals surface area contributed by atoms with Crippen LogP contribution in [0, 0.1) is 5.92 Å². The molecule has 4 nitrogen and oxygen atoms in total. The zero-order valence-corrected chi connectivity index (χ0v) is 12.9. The highest BCUT2D eigenvalue weighted by atomic mass is 79.9. The Balaban J connectivity index is 2.02. The second-order valence-electron chi connectivity index (χ2n) is 5.54. The van der Waals surface area contributed by atoms with Gasteiger partial charge < -0.3 is 10.6 Å². The van der Waals surface area contributed by atoms with Gasteiger partial charge in [0.1, 0.15) is 0 Å². The van der Waals surface area contributed by atoms with Crippen molar-refractivity contribution in [3.8, 4) is 0 Å². The molecule has 0 aliphatic heterocycles. The van der Waals surface area contributed by atoms with Crippen molar-refractivity contribution in [1.29, 1.82) is 0 Å². The summed E-state index contributed by atoms with van der Waals surface area (Å²) in [5.74, 6) is 0.823. The third-order valence-electron chi connectivity index (χ3n) is 3.76. The maximum Gasteiger partial charge on any atom is 0.0694 e. The lowest BCUT2D eigenvalue weighted by molar-refractivity contribution is 0.271. The fourth-order valence-corrected chi connectivity index (χ4v) is 3.00. The summed E-state index contributed by atoms with van der Waals surface area (Å²) in [6.07, 6.45) is 7.02. The highest BCUT2D eigenvalue weighted by Crippen LogP contribution is 2.35. The number of likely N-dealkylation sites (N-methyl/N-ethyl adjacent to an activating group) is 1. The molecule has 2 N–H and O–H groups in total. The topological polar surface area (TPSA) is 47.1 Å². The van der Waals surface area contributed by atoms with E-state index in [1.807, 2.05) is 10.9 Å². The fraction of sp³-hybridized carbons (Fsp3) is 0.769. The van der Waals surface area contributed by atoms with Crippen LogP contribution < -0.4 is 5.73 Å². The maximum absolute atomic E-state index is 6.35. The average molecular weight is 315 g/mol. The number of nitrogens with two attached hydrogens (primary N) is 1. The van der Waals surface area contributed by atoms with Gasteiger partial charge in [-0.05, 0) is 42.4 Å². The van der Waals surface area contributed by atoms with E-state index in [0.717, 1.165) is 35.6 Å². The van der Waals surface area contributed by atoms with Crippen molar-refractivity contribution in [1.82, 2.24) is 14.7 Å². The minimum atomic E-state index is 0.106. The molecule has 1 aromatic rings. The van der Waals surface area contributed by atoms with E-state index in [2.05, 4.69) is 40.0 Å². The summed E-state index contributed by atoms with van der Waals surface area (Å²) in [6, 6.07) is 0.106. The SMILES string of the molecule is CN(C)CCn1ncc(Br)c1C(N)CC1CCC1. The highest BCUT2D eigenvalue weighted by Gasteiger charge is 2.24. The van der Waals surface area contributed by atoms with Gasteiger partial charge in [-0.1, -0.05) is 19.3 Å². The molecular formula is C13H23BrN4. The minimum absolute atomic E-state index is 0.106. The molecule has 1 aliphatic carbocycles. The normalized spacial score (nSPS) is 18.1. The van der Waals surface area contributed by atoms with Crippen LogP contribution in [0.5, 0.6) is 0 Å².